The number of hydrogen-bond acceptors (Lipinski definition) is 2. The van der Waals surface area contributed by atoms with Gasteiger partial charge < -0.3 is 16.8 Å². The normalized spacial score (nSPS) is 11.1. The van der Waals surface area contributed by atoms with Crippen LogP contribution >= 0.6 is 0 Å². The van der Waals surface area contributed by atoms with Gasteiger partial charge in [0.15, 0.2) is 0 Å². The third-order valence-corrected chi connectivity index (χ3v) is 1.85. The Morgan fingerprint density at radius 3 is 2.38 bits per heavy atom. The van der Waals surface area contributed by atoms with Crippen molar-refractivity contribution < 1.29 is 67.8 Å². The van der Waals surface area contributed by atoms with Crippen molar-refractivity contribution in [3.8, 4) is 0 Å². The maximum Gasteiger partial charge on any atom is 1.00 e. The quantitative estimate of drug-likeness (QED) is 0.633. The topological polar surface area (TPSA) is 96.0 Å². The SMILES string of the molecule is [NH-][C@@H](CNC(=O)c1ccccc1)C(N)=O.[Rb+]. The van der Waals surface area contributed by atoms with E-state index in [0.29, 0.717) is 5.56 Å². The molecule has 0 aromatic heterocycles. The molecular formula is C10H12N3O2Rb. The van der Waals surface area contributed by atoms with Crippen molar-refractivity contribution in [3.05, 3.63) is 41.6 Å². The van der Waals surface area contributed by atoms with Crippen molar-refractivity contribution in [2.24, 2.45) is 5.73 Å². The van der Waals surface area contributed by atoms with Crippen LogP contribution in [0.2, 0.25) is 0 Å². The van der Waals surface area contributed by atoms with Crippen molar-refractivity contribution in [2.75, 3.05) is 6.54 Å². The molecule has 0 aliphatic carbocycles. The van der Waals surface area contributed by atoms with E-state index < -0.39 is 11.9 Å². The summed E-state index contributed by atoms with van der Waals surface area (Å²) >= 11 is 0. The zero-order chi connectivity index (χ0) is 11.3. The summed E-state index contributed by atoms with van der Waals surface area (Å²) in [7, 11) is 0. The van der Waals surface area contributed by atoms with Crippen LogP contribution in [0.4, 0.5) is 0 Å². The zero-order valence-corrected chi connectivity index (χ0v) is 14.0. The molecule has 0 fully saturated rings. The number of benzene rings is 1. The van der Waals surface area contributed by atoms with Gasteiger partial charge in [-0.2, -0.15) is 0 Å². The molecule has 0 bridgehead atoms. The fourth-order valence-corrected chi connectivity index (χ4v) is 0.987. The second-order valence-corrected chi connectivity index (χ2v) is 3.03. The van der Waals surface area contributed by atoms with Crippen LogP contribution in [-0.4, -0.2) is 24.4 Å². The van der Waals surface area contributed by atoms with Crippen LogP contribution in [0.15, 0.2) is 30.3 Å². The molecule has 0 radical (unpaired) electrons. The van der Waals surface area contributed by atoms with Gasteiger partial charge in [0.2, 0.25) is 5.91 Å². The first-order chi connectivity index (χ1) is 7.11. The third-order valence-electron chi connectivity index (χ3n) is 1.85. The van der Waals surface area contributed by atoms with Crippen LogP contribution in [0.1, 0.15) is 10.4 Å². The summed E-state index contributed by atoms with van der Waals surface area (Å²) in [5.74, 6) is -1.06. The smallest absolute Gasteiger partial charge is 0.665 e. The third kappa shape index (κ3) is 5.31. The molecule has 5 nitrogen and oxygen atoms in total. The van der Waals surface area contributed by atoms with Crippen LogP contribution in [-0.2, 0) is 4.79 Å². The van der Waals surface area contributed by atoms with Gasteiger partial charge >= 0.3 is 58.2 Å². The number of nitrogens with two attached hydrogens (primary N) is 1. The first kappa shape index (κ1) is 15.9. The average molecular weight is 292 g/mol. The fourth-order valence-electron chi connectivity index (χ4n) is 0.987. The molecule has 0 unspecified atom stereocenters. The zero-order valence-electron chi connectivity index (χ0n) is 9.07. The predicted molar refractivity (Wildman–Crippen MR) is 56.1 cm³/mol. The Bertz CT molecular complexity index is 356. The van der Waals surface area contributed by atoms with Crippen molar-refractivity contribution in [1.29, 1.82) is 0 Å². The number of hydrogen-bond donors (Lipinski definition) is 2. The maximum atomic E-state index is 11.4. The van der Waals surface area contributed by atoms with Crippen molar-refractivity contribution in [2.45, 2.75) is 6.04 Å². The first-order valence-corrected chi connectivity index (χ1v) is 4.45. The van der Waals surface area contributed by atoms with Crippen LogP contribution in [0.3, 0.4) is 0 Å². The van der Waals surface area contributed by atoms with Crippen molar-refractivity contribution >= 4 is 11.8 Å². The Morgan fingerprint density at radius 2 is 1.88 bits per heavy atom. The van der Waals surface area contributed by atoms with E-state index in [2.05, 4.69) is 5.32 Å². The van der Waals surface area contributed by atoms with Crippen LogP contribution in [0, 0.1) is 0 Å². The van der Waals surface area contributed by atoms with Gasteiger partial charge in [-0.25, -0.2) is 0 Å². The Hall–Kier alpha value is -0.0748. The molecule has 0 saturated carbocycles. The van der Waals surface area contributed by atoms with E-state index in [1.165, 1.54) is 0 Å². The molecule has 2 amide bonds. The molecule has 0 aliphatic heterocycles. The molecule has 6 heteroatoms. The summed E-state index contributed by atoms with van der Waals surface area (Å²) in [6.45, 7) is -0.0664. The van der Waals surface area contributed by atoms with Crippen LogP contribution in [0.25, 0.3) is 5.73 Å². The fraction of sp³-hybridized carbons (Fsp3) is 0.200. The van der Waals surface area contributed by atoms with Crippen LogP contribution in [0.5, 0.6) is 0 Å². The summed E-state index contributed by atoms with van der Waals surface area (Å²) in [6, 6.07) is 7.48. The van der Waals surface area contributed by atoms with Gasteiger partial charge in [0.05, 0.1) is 0 Å². The van der Waals surface area contributed by atoms with Crippen LogP contribution < -0.4 is 69.2 Å². The van der Waals surface area contributed by atoms with E-state index in [-0.39, 0.29) is 70.6 Å². The second-order valence-electron chi connectivity index (χ2n) is 3.03. The van der Waals surface area contributed by atoms with Crippen molar-refractivity contribution in [3.63, 3.8) is 0 Å². The van der Waals surface area contributed by atoms with Gasteiger partial charge in [-0.1, -0.05) is 18.2 Å². The molecule has 0 aliphatic rings. The molecular weight excluding hydrogens is 280 g/mol. The second kappa shape index (κ2) is 8.08. The molecule has 0 saturated heterocycles. The molecule has 1 rings (SSSR count). The van der Waals surface area contributed by atoms with Gasteiger partial charge in [0, 0.05) is 12.1 Å². The molecule has 0 heterocycles. The van der Waals surface area contributed by atoms with E-state index >= 15 is 0 Å². The molecule has 0 spiro atoms. The van der Waals surface area contributed by atoms with E-state index in [9.17, 15) is 9.59 Å². The molecule has 1 aromatic carbocycles. The molecule has 4 N–H and O–H groups in total. The summed E-state index contributed by atoms with van der Waals surface area (Å²) in [6.07, 6.45) is 0. The number of nitrogens with one attached hydrogen (secondary N) is 2. The van der Waals surface area contributed by atoms with Gasteiger partial charge in [-0.15, -0.1) is 0 Å². The standard InChI is InChI=1S/C10H12N3O2.Rb/c11-8(9(12)14)6-13-10(15)7-4-2-1-3-5-7;/h1-5,8,11H,6H2,(H2,12,14)(H,13,15);/q-1;+1/t8-;/m0./s1. The average Bonchev–Trinajstić information content (AvgIpc) is 2.26. The summed E-state index contributed by atoms with van der Waals surface area (Å²) < 4.78 is 0. The van der Waals surface area contributed by atoms with Gasteiger partial charge in [0.25, 0.3) is 5.91 Å². The number of amides is 2. The van der Waals surface area contributed by atoms with E-state index in [1.54, 1.807) is 30.3 Å². The molecule has 80 valence electrons. The minimum Gasteiger partial charge on any atom is -0.665 e. The largest absolute Gasteiger partial charge is 1.00 e. The summed E-state index contributed by atoms with van der Waals surface area (Å²) in [5, 5.41) is 2.45. The first-order valence-electron chi connectivity index (χ1n) is 4.45. The van der Waals surface area contributed by atoms with E-state index in [4.69, 9.17) is 11.5 Å². The minimum atomic E-state index is -1.10. The number of carbonyl (C=O) groups is 2. The minimum absolute atomic E-state index is 0. The number of carbonyl (C=O) groups excluding carboxylic acids is 2. The predicted octanol–water partition coefficient (Wildman–Crippen LogP) is -2.67. The monoisotopic (exact) mass is 291 g/mol. The Kier molecular flexibility index (Phi) is 8.04. The summed E-state index contributed by atoms with van der Waals surface area (Å²) in [4.78, 5) is 22.0. The summed E-state index contributed by atoms with van der Waals surface area (Å²) in [5.41, 5.74) is 12.6. The number of rotatable bonds is 4. The van der Waals surface area contributed by atoms with E-state index in [0.717, 1.165) is 0 Å². The molecule has 16 heavy (non-hydrogen) atoms. The van der Waals surface area contributed by atoms with Gasteiger partial charge in [-0.3, -0.25) is 9.59 Å². The molecule has 1 atom stereocenters. The van der Waals surface area contributed by atoms with Gasteiger partial charge in [0.1, 0.15) is 0 Å². The Morgan fingerprint density at radius 1 is 1.31 bits per heavy atom. The van der Waals surface area contributed by atoms with Gasteiger partial charge in [-0.05, 0) is 18.2 Å². The molecule has 1 aromatic rings. The maximum absolute atomic E-state index is 11.4. The number of primary amides is 1. The Balaban J connectivity index is 0.00000225. The van der Waals surface area contributed by atoms with Crippen molar-refractivity contribution in [1.82, 2.24) is 5.32 Å². The van der Waals surface area contributed by atoms with E-state index in [1.807, 2.05) is 0 Å². The Labute approximate surface area is 143 Å².